The number of carbonyl (C=O) groups is 1. The van der Waals surface area contributed by atoms with Crippen molar-refractivity contribution in [3.63, 3.8) is 0 Å². The molecule has 2 aliphatic heterocycles. The van der Waals surface area contributed by atoms with E-state index in [2.05, 4.69) is 20.5 Å². The van der Waals surface area contributed by atoms with Crippen LogP contribution in [0, 0.1) is 0 Å². The highest BCUT2D eigenvalue weighted by molar-refractivity contribution is 6.39. The Kier molecular flexibility index (Phi) is 9.21. The molecule has 0 spiro atoms. The number of carbonyl (C=O) groups excluding carboxylic acids is 1. The number of likely N-dealkylation sites (tertiary alicyclic amines) is 1. The van der Waals surface area contributed by atoms with Gasteiger partial charge in [0.05, 0.1) is 46.9 Å². The van der Waals surface area contributed by atoms with Gasteiger partial charge in [-0.2, -0.15) is 0 Å². The molecule has 0 radical (unpaired) electrons. The third kappa shape index (κ3) is 6.82. The van der Waals surface area contributed by atoms with Gasteiger partial charge in [0, 0.05) is 91.6 Å². The second kappa shape index (κ2) is 13.6. The summed E-state index contributed by atoms with van der Waals surface area (Å²) in [6.07, 6.45) is 7.02. The van der Waals surface area contributed by atoms with Crippen LogP contribution >= 0.6 is 23.2 Å². The van der Waals surface area contributed by atoms with Crippen LogP contribution in [-0.2, 0) is 17.9 Å². The molecule has 1 aromatic carbocycles. The Morgan fingerprint density at radius 1 is 1.04 bits per heavy atom. The van der Waals surface area contributed by atoms with E-state index in [-0.39, 0.29) is 11.9 Å². The Balaban J connectivity index is 1.16. The number of imidazole rings is 1. The van der Waals surface area contributed by atoms with Gasteiger partial charge in [0.1, 0.15) is 0 Å². The molecule has 2 aliphatic rings. The van der Waals surface area contributed by atoms with Crippen LogP contribution in [0.2, 0.25) is 10.0 Å². The molecular weight excluding hydrogens is 665 g/mol. The minimum absolute atomic E-state index is 0.0967. The summed E-state index contributed by atoms with van der Waals surface area (Å²) in [5, 5.41) is 17.4. The minimum atomic E-state index is -0.650. The van der Waals surface area contributed by atoms with E-state index >= 15 is 0 Å². The van der Waals surface area contributed by atoms with Gasteiger partial charge in [-0.05, 0) is 31.5 Å². The highest BCUT2D eigenvalue weighted by Crippen LogP contribution is 2.42. The third-order valence-electron chi connectivity index (χ3n) is 8.95. The Labute approximate surface area is 294 Å². The first-order chi connectivity index (χ1) is 23.6. The number of pyridine rings is 3. The molecule has 254 valence electrons. The molecule has 3 N–H and O–H groups in total. The fourth-order valence-corrected chi connectivity index (χ4v) is 7.31. The molecule has 13 heteroatoms. The van der Waals surface area contributed by atoms with Crippen molar-refractivity contribution < 1.29 is 19.4 Å². The largest absolute Gasteiger partial charge is 0.493 e. The molecular formula is C36H37Cl2N7O4. The molecule has 1 atom stereocenters. The predicted octanol–water partition coefficient (Wildman–Crippen LogP) is 5.38. The number of ether oxygens (including phenoxy) is 2. The Morgan fingerprint density at radius 2 is 1.84 bits per heavy atom. The van der Waals surface area contributed by atoms with Crippen LogP contribution in [0.1, 0.15) is 31.0 Å². The summed E-state index contributed by atoms with van der Waals surface area (Å²) in [5.74, 6) is 1.18. The van der Waals surface area contributed by atoms with E-state index in [9.17, 15) is 9.90 Å². The van der Waals surface area contributed by atoms with Gasteiger partial charge in [0.15, 0.2) is 11.4 Å². The number of nitrogens with zero attached hydrogens (tertiary/aromatic N) is 5. The predicted molar refractivity (Wildman–Crippen MR) is 189 cm³/mol. The summed E-state index contributed by atoms with van der Waals surface area (Å²) in [7, 11) is 3.21. The summed E-state index contributed by atoms with van der Waals surface area (Å²) in [4.78, 5) is 27.9. The van der Waals surface area contributed by atoms with E-state index in [1.165, 1.54) is 0 Å². The van der Waals surface area contributed by atoms with Crippen LogP contribution in [0.5, 0.6) is 11.6 Å². The lowest BCUT2D eigenvalue weighted by atomic mass is 9.97. The van der Waals surface area contributed by atoms with Crippen LogP contribution in [0.25, 0.3) is 39.3 Å². The molecule has 11 nitrogen and oxygen atoms in total. The van der Waals surface area contributed by atoms with Gasteiger partial charge < -0.3 is 29.6 Å². The number of aliphatic hydroxyl groups is 1. The molecule has 7 rings (SSSR count). The van der Waals surface area contributed by atoms with Gasteiger partial charge in [-0.25, -0.2) is 9.97 Å². The molecule has 1 amide bonds. The van der Waals surface area contributed by atoms with Crippen LogP contribution in [-0.4, -0.2) is 80.8 Å². The van der Waals surface area contributed by atoms with Gasteiger partial charge in [-0.1, -0.05) is 47.5 Å². The van der Waals surface area contributed by atoms with Crippen molar-refractivity contribution in [2.24, 2.45) is 0 Å². The number of benzene rings is 1. The molecule has 2 saturated heterocycles. The number of aromatic nitrogens is 4. The fourth-order valence-electron chi connectivity index (χ4n) is 6.66. The molecule has 49 heavy (non-hydrogen) atoms. The summed E-state index contributed by atoms with van der Waals surface area (Å²) in [5.41, 5.74) is 5.99. The van der Waals surface area contributed by atoms with E-state index in [0.717, 1.165) is 39.9 Å². The van der Waals surface area contributed by atoms with Gasteiger partial charge in [-0.15, -0.1) is 0 Å². The average molecular weight is 703 g/mol. The number of rotatable bonds is 11. The smallest absolute Gasteiger partial charge is 0.220 e. The van der Waals surface area contributed by atoms with E-state index in [1.54, 1.807) is 20.4 Å². The first kappa shape index (κ1) is 33.2. The Hall–Kier alpha value is -4.26. The fraction of sp³-hybridized carbons (Fsp3) is 0.333. The van der Waals surface area contributed by atoms with E-state index < -0.39 is 5.60 Å². The first-order valence-corrected chi connectivity index (χ1v) is 16.9. The van der Waals surface area contributed by atoms with Gasteiger partial charge in [0.2, 0.25) is 11.8 Å². The third-order valence-corrected chi connectivity index (χ3v) is 9.74. The topological polar surface area (TPSA) is 126 Å². The number of fused-ring (bicyclic) bond motifs is 1. The van der Waals surface area contributed by atoms with Crippen molar-refractivity contribution in [3.05, 3.63) is 82.4 Å². The average Bonchev–Trinajstić information content (AvgIpc) is 3.69. The molecule has 0 saturated carbocycles. The monoisotopic (exact) mass is 701 g/mol. The molecule has 4 aromatic heterocycles. The number of hydrogen-bond donors (Lipinski definition) is 3. The summed E-state index contributed by atoms with van der Waals surface area (Å²) < 4.78 is 13.3. The number of nitrogens with one attached hydrogen (secondary N) is 2. The minimum Gasteiger partial charge on any atom is -0.493 e. The second-order valence-corrected chi connectivity index (χ2v) is 13.6. The van der Waals surface area contributed by atoms with Crippen molar-refractivity contribution in [3.8, 4) is 45.3 Å². The van der Waals surface area contributed by atoms with Crippen LogP contribution in [0.3, 0.4) is 0 Å². The van der Waals surface area contributed by atoms with Gasteiger partial charge >= 0.3 is 0 Å². The van der Waals surface area contributed by atoms with E-state index in [1.807, 2.05) is 66.2 Å². The van der Waals surface area contributed by atoms with Crippen LogP contribution in [0.4, 0.5) is 0 Å². The number of halogens is 2. The highest BCUT2D eigenvalue weighted by atomic mass is 35.5. The molecule has 0 aliphatic carbocycles. The zero-order chi connectivity index (χ0) is 34.3. The maximum atomic E-state index is 11.5. The van der Waals surface area contributed by atoms with Gasteiger partial charge in [0.25, 0.3) is 0 Å². The summed E-state index contributed by atoms with van der Waals surface area (Å²) in [6.45, 7) is 4.90. The van der Waals surface area contributed by atoms with Crippen molar-refractivity contribution >= 4 is 34.8 Å². The number of amides is 1. The molecule has 2 fully saturated rings. The Bertz CT molecular complexity index is 2040. The zero-order valence-corrected chi connectivity index (χ0v) is 29.0. The van der Waals surface area contributed by atoms with E-state index in [4.69, 9.17) is 42.6 Å². The molecule has 0 bridgehead atoms. The zero-order valence-electron chi connectivity index (χ0n) is 27.5. The van der Waals surface area contributed by atoms with Crippen molar-refractivity contribution in [2.45, 2.75) is 44.5 Å². The number of β-amino-alcohol motifs (C(OH)–C–C–N with tert-alkyl or cyclic N) is 1. The van der Waals surface area contributed by atoms with Crippen molar-refractivity contribution in [1.82, 2.24) is 34.9 Å². The van der Waals surface area contributed by atoms with E-state index in [0.29, 0.717) is 77.9 Å². The van der Waals surface area contributed by atoms with Crippen molar-refractivity contribution in [2.75, 3.05) is 33.9 Å². The van der Waals surface area contributed by atoms with Gasteiger partial charge in [-0.3, -0.25) is 14.7 Å². The molecule has 5 aromatic rings. The quantitative estimate of drug-likeness (QED) is 0.166. The lowest BCUT2D eigenvalue weighted by Gasteiger charge is -2.43. The lowest BCUT2D eigenvalue weighted by Crippen LogP contribution is -2.59. The highest BCUT2D eigenvalue weighted by Gasteiger charge is 2.36. The summed E-state index contributed by atoms with van der Waals surface area (Å²) >= 11 is 14.2. The van der Waals surface area contributed by atoms with Crippen LogP contribution < -0.4 is 20.1 Å². The maximum Gasteiger partial charge on any atom is 0.220 e. The standard InChI is InChI=1S/C36H37Cl2N7O4/c1-36(47)19-44(20-36)17-24-18-45-16-22(13-29(48-2)34(45)42-24)33-32(38)26(11-12-40-33)25-5-4-6-27(31(25)37)28-9-7-21(35(43-28)49-3)14-39-15-23-8-10-30(46)41-23/h4-7,9,11-13,16,18,23,39,47H,8,10,14-15,17,19-20H2,1-3H3,(H,41,46). The normalized spacial score (nSPS) is 17.3. The van der Waals surface area contributed by atoms with Crippen molar-refractivity contribution in [1.29, 1.82) is 0 Å². The maximum absolute atomic E-state index is 11.5. The first-order valence-electron chi connectivity index (χ1n) is 16.1. The number of hydrogen-bond acceptors (Lipinski definition) is 9. The van der Waals surface area contributed by atoms with Crippen LogP contribution in [0.15, 0.2) is 61.1 Å². The Morgan fingerprint density at radius 3 is 2.57 bits per heavy atom. The lowest BCUT2D eigenvalue weighted by molar-refractivity contribution is -0.119. The molecule has 1 unspecified atom stereocenters. The molecule has 6 heterocycles. The SMILES string of the molecule is COc1nc(-c2cccc(-c3ccnc(-c4cc(OC)c5nc(CN6CC(C)(O)C6)cn5c4)c3Cl)c2Cl)ccc1CNCC1CCC(=O)N1. The number of methoxy groups -OCH3 is 2. The second-order valence-electron chi connectivity index (χ2n) is 12.9. The summed E-state index contributed by atoms with van der Waals surface area (Å²) in [6, 6.07) is 13.5.